The van der Waals surface area contributed by atoms with Crippen LogP contribution in [0.2, 0.25) is 5.02 Å². The molecule has 2 saturated heterocycles. The van der Waals surface area contributed by atoms with Crippen LogP contribution in [0.3, 0.4) is 0 Å². The molecule has 0 spiro atoms. The number of piperidine rings is 2. The number of benzene rings is 1. The third kappa shape index (κ3) is 5.17. The molecule has 0 bridgehead atoms. The Morgan fingerprint density at radius 3 is 2.10 bits per heavy atom. The summed E-state index contributed by atoms with van der Waals surface area (Å²) in [6, 6.07) is 8.17. The average molecular weight is 447 g/mol. The molecule has 1 aromatic rings. The quantitative estimate of drug-likeness (QED) is 0.756. The van der Waals surface area contributed by atoms with Gasteiger partial charge in [-0.15, -0.1) is 0 Å². The monoisotopic (exact) mass is 446 g/mol. The largest absolute Gasteiger partial charge is 0.351 e. The fourth-order valence-corrected chi connectivity index (χ4v) is 6.00. The van der Waals surface area contributed by atoms with E-state index in [0.29, 0.717) is 22.7 Å². The van der Waals surface area contributed by atoms with E-state index in [1.54, 1.807) is 12.1 Å². The van der Waals surface area contributed by atoms with Crippen molar-refractivity contribution in [2.75, 3.05) is 26.2 Å². The second-order valence-electron chi connectivity index (χ2n) is 9.31. The average Bonchev–Trinajstić information content (AvgIpc) is 2.80. The molecule has 1 aliphatic carbocycles. The van der Waals surface area contributed by atoms with Crippen LogP contribution in [0.1, 0.15) is 68.1 Å². The van der Waals surface area contributed by atoms with Crippen LogP contribution >= 0.6 is 11.6 Å². The Balaban J connectivity index is 1.27. The summed E-state index contributed by atoms with van der Waals surface area (Å²) < 4.78 is 0. The second kappa shape index (κ2) is 10.2. The molecule has 31 heavy (non-hydrogen) atoms. The molecule has 3 amide bonds. The fourth-order valence-electron chi connectivity index (χ4n) is 5.79. The van der Waals surface area contributed by atoms with Gasteiger partial charge < -0.3 is 20.4 Å². The zero-order valence-electron chi connectivity index (χ0n) is 18.3. The van der Waals surface area contributed by atoms with Gasteiger partial charge in [-0.3, -0.25) is 4.79 Å². The van der Waals surface area contributed by atoms with Gasteiger partial charge in [0.25, 0.3) is 5.91 Å². The van der Waals surface area contributed by atoms with Crippen molar-refractivity contribution in [3.05, 3.63) is 34.9 Å². The van der Waals surface area contributed by atoms with E-state index in [1.807, 2.05) is 21.9 Å². The van der Waals surface area contributed by atoms with Gasteiger partial charge in [-0.1, -0.05) is 43.0 Å². The van der Waals surface area contributed by atoms with E-state index >= 15 is 0 Å². The van der Waals surface area contributed by atoms with E-state index < -0.39 is 0 Å². The molecule has 3 aliphatic rings. The molecule has 6 nitrogen and oxygen atoms in total. The van der Waals surface area contributed by atoms with E-state index in [1.165, 1.54) is 19.3 Å². The number of hydrogen-bond acceptors (Lipinski definition) is 3. The van der Waals surface area contributed by atoms with Gasteiger partial charge in [-0.05, 0) is 50.7 Å². The van der Waals surface area contributed by atoms with Crippen molar-refractivity contribution in [2.24, 2.45) is 5.73 Å². The smallest absolute Gasteiger partial charge is 0.315 e. The number of carbonyl (C=O) groups is 2. The van der Waals surface area contributed by atoms with E-state index in [0.717, 1.165) is 64.7 Å². The number of primary amides is 1. The number of carbonyl (C=O) groups excluding carboxylic acids is 2. The summed E-state index contributed by atoms with van der Waals surface area (Å²) in [4.78, 5) is 31.5. The number of urea groups is 1. The molecule has 170 valence electrons. The normalized spacial score (nSPS) is 22.4. The molecule has 0 unspecified atom stereocenters. The van der Waals surface area contributed by atoms with Gasteiger partial charge in [0, 0.05) is 44.3 Å². The predicted molar refractivity (Wildman–Crippen MR) is 123 cm³/mol. The van der Waals surface area contributed by atoms with Gasteiger partial charge >= 0.3 is 6.03 Å². The van der Waals surface area contributed by atoms with Crippen molar-refractivity contribution in [1.82, 2.24) is 14.7 Å². The van der Waals surface area contributed by atoms with Crippen molar-refractivity contribution in [3.63, 3.8) is 0 Å². The Labute approximate surface area is 190 Å². The molecule has 1 saturated carbocycles. The third-order valence-electron chi connectivity index (χ3n) is 7.49. The Bertz CT molecular complexity index is 767. The topological polar surface area (TPSA) is 69.9 Å². The molecule has 1 aromatic carbocycles. The summed E-state index contributed by atoms with van der Waals surface area (Å²) >= 11 is 6.21. The minimum absolute atomic E-state index is 0.0346. The molecule has 0 atom stereocenters. The number of amides is 3. The van der Waals surface area contributed by atoms with Crippen LogP contribution in [0.4, 0.5) is 4.79 Å². The number of hydrogen-bond donors (Lipinski definition) is 1. The minimum Gasteiger partial charge on any atom is -0.351 e. The first-order chi connectivity index (χ1) is 15.0. The molecular formula is C24H35ClN4O2. The summed E-state index contributed by atoms with van der Waals surface area (Å²) in [5, 5.41) is 0.522. The first-order valence-electron chi connectivity index (χ1n) is 11.9. The highest BCUT2D eigenvalue weighted by Gasteiger charge is 2.35. The zero-order valence-corrected chi connectivity index (χ0v) is 19.1. The third-order valence-corrected chi connectivity index (χ3v) is 7.82. The van der Waals surface area contributed by atoms with Crippen LogP contribution in [0.5, 0.6) is 0 Å². The van der Waals surface area contributed by atoms with E-state index in [9.17, 15) is 9.59 Å². The second-order valence-corrected chi connectivity index (χ2v) is 9.71. The molecule has 0 aromatic heterocycles. The fraction of sp³-hybridized carbons (Fsp3) is 0.667. The van der Waals surface area contributed by atoms with Crippen molar-refractivity contribution in [1.29, 1.82) is 0 Å². The Hall–Kier alpha value is -1.79. The lowest BCUT2D eigenvalue weighted by atomic mass is 9.91. The lowest BCUT2D eigenvalue weighted by Crippen LogP contribution is -2.56. The number of likely N-dealkylation sites (tertiary alicyclic amines) is 2. The van der Waals surface area contributed by atoms with Crippen LogP contribution in [0.25, 0.3) is 0 Å². The highest BCUT2D eigenvalue weighted by Crippen LogP contribution is 2.29. The Morgan fingerprint density at radius 1 is 0.871 bits per heavy atom. The van der Waals surface area contributed by atoms with Gasteiger partial charge in [0.15, 0.2) is 0 Å². The van der Waals surface area contributed by atoms with Crippen molar-refractivity contribution in [2.45, 2.75) is 75.9 Å². The number of nitrogens with zero attached hydrogens (tertiary/aromatic N) is 3. The standard InChI is InChI=1S/C24H35ClN4O2/c25-22-9-5-4-8-21(22)23(30)28-16-10-18(11-17-28)27-14-12-20(13-15-27)29(24(26)31)19-6-2-1-3-7-19/h4-5,8-9,18-20H,1-3,6-7,10-17H2,(H2,26,31). The maximum Gasteiger partial charge on any atom is 0.315 e. The first kappa shape index (κ1) is 22.4. The zero-order chi connectivity index (χ0) is 21.8. The molecule has 2 aliphatic heterocycles. The maximum absolute atomic E-state index is 12.8. The Morgan fingerprint density at radius 2 is 1.48 bits per heavy atom. The molecule has 7 heteroatoms. The van der Waals surface area contributed by atoms with Crippen LogP contribution in [0, 0.1) is 0 Å². The van der Waals surface area contributed by atoms with Gasteiger partial charge in [0.05, 0.1) is 10.6 Å². The molecular weight excluding hydrogens is 412 g/mol. The molecule has 4 rings (SSSR count). The lowest BCUT2D eigenvalue weighted by Gasteiger charge is -2.46. The predicted octanol–water partition coefficient (Wildman–Crippen LogP) is 4.12. The summed E-state index contributed by atoms with van der Waals surface area (Å²) in [5.74, 6) is 0.0346. The first-order valence-corrected chi connectivity index (χ1v) is 12.3. The van der Waals surface area contributed by atoms with Gasteiger partial charge in [-0.2, -0.15) is 0 Å². The summed E-state index contributed by atoms with van der Waals surface area (Å²) in [6.07, 6.45) is 9.86. The van der Waals surface area contributed by atoms with Crippen molar-refractivity contribution < 1.29 is 9.59 Å². The van der Waals surface area contributed by atoms with Crippen LogP contribution < -0.4 is 5.73 Å². The van der Waals surface area contributed by atoms with Gasteiger partial charge in [0.2, 0.25) is 0 Å². The highest BCUT2D eigenvalue weighted by molar-refractivity contribution is 6.33. The summed E-state index contributed by atoms with van der Waals surface area (Å²) in [6.45, 7) is 3.54. The SMILES string of the molecule is NC(=O)N(C1CCCCC1)C1CCN(C2CCN(C(=O)c3ccccc3Cl)CC2)CC1. The van der Waals surface area contributed by atoms with E-state index in [4.69, 9.17) is 17.3 Å². The van der Waals surface area contributed by atoms with Gasteiger partial charge in [-0.25, -0.2) is 4.79 Å². The molecule has 2 N–H and O–H groups in total. The van der Waals surface area contributed by atoms with Crippen LogP contribution in [-0.4, -0.2) is 70.9 Å². The van der Waals surface area contributed by atoms with Crippen molar-refractivity contribution >= 4 is 23.5 Å². The maximum atomic E-state index is 12.8. The minimum atomic E-state index is -0.239. The van der Waals surface area contributed by atoms with Crippen LogP contribution in [-0.2, 0) is 0 Å². The molecule has 3 fully saturated rings. The summed E-state index contributed by atoms with van der Waals surface area (Å²) in [7, 11) is 0. The van der Waals surface area contributed by atoms with E-state index in [2.05, 4.69) is 4.90 Å². The molecule has 0 radical (unpaired) electrons. The summed E-state index contributed by atoms with van der Waals surface area (Å²) in [5.41, 5.74) is 6.40. The molecule has 2 heterocycles. The van der Waals surface area contributed by atoms with Crippen molar-refractivity contribution in [3.8, 4) is 0 Å². The Kier molecular flexibility index (Phi) is 7.39. The number of nitrogens with two attached hydrogens (primary N) is 1. The number of rotatable bonds is 4. The lowest BCUT2D eigenvalue weighted by molar-refractivity contribution is 0.0433. The van der Waals surface area contributed by atoms with Crippen LogP contribution in [0.15, 0.2) is 24.3 Å². The van der Waals surface area contributed by atoms with E-state index in [-0.39, 0.29) is 18.0 Å². The highest BCUT2D eigenvalue weighted by atomic mass is 35.5. The number of halogens is 1. The van der Waals surface area contributed by atoms with Gasteiger partial charge in [0.1, 0.15) is 0 Å².